The first-order chi connectivity index (χ1) is 13.0. The monoisotopic (exact) mass is 406 g/mol. The molecular formula is C20H20Cl2N2O3. The van der Waals surface area contributed by atoms with Gasteiger partial charge in [-0.3, -0.25) is 9.59 Å². The standard InChI is InChI=1S/C20H20Cl2N2O3/c21-15-5-8-17(22)18(13-15)27-12-9-19(25)23-16-6-3-14(4-7-16)20(26)24-10-1-2-11-24/h3-8,13H,1-2,9-12H2,(H,23,25). The lowest BCUT2D eigenvalue weighted by Gasteiger charge is -2.15. The molecule has 2 amide bonds. The van der Waals surface area contributed by atoms with E-state index in [0.29, 0.717) is 27.0 Å². The molecule has 1 fully saturated rings. The summed E-state index contributed by atoms with van der Waals surface area (Å²) < 4.78 is 5.51. The number of anilines is 1. The van der Waals surface area contributed by atoms with Gasteiger partial charge in [0.15, 0.2) is 0 Å². The SMILES string of the molecule is O=C(CCOc1cc(Cl)ccc1Cl)Nc1ccc(C(=O)N2CCCC2)cc1. The minimum atomic E-state index is -0.188. The number of rotatable bonds is 6. The summed E-state index contributed by atoms with van der Waals surface area (Å²) in [5, 5.41) is 3.75. The molecule has 3 rings (SSSR count). The van der Waals surface area contributed by atoms with Gasteiger partial charge in [-0.2, -0.15) is 0 Å². The molecule has 7 heteroatoms. The quantitative estimate of drug-likeness (QED) is 0.759. The topological polar surface area (TPSA) is 58.6 Å². The van der Waals surface area contributed by atoms with Crippen LogP contribution in [0.4, 0.5) is 5.69 Å². The van der Waals surface area contributed by atoms with Crippen molar-refractivity contribution < 1.29 is 14.3 Å². The minimum absolute atomic E-state index is 0.0391. The first kappa shape index (κ1) is 19.5. The highest BCUT2D eigenvalue weighted by molar-refractivity contribution is 6.34. The molecule has 0 spiro atoms. The molecule has 0 saturated carbocycles. The Morgan fingerprint density at radius 1 is 1.04 bits per heavy atom. The van der Waals surface area contributed by atoms with Gasteiger partial charge in [0.1, 0.15) is 5.75 Å². The van der Waals surface area contributed by atoms with E-state index in [1.165, 1.54) is 0 Å². The Labute approximate surface area is 168 Å². The first-order valence-electron chi connectivity index (χ1n) is 8.80. The third-order valence-electron chi connectivity index (χ3n) is 4.29. The molecule has 142 valence electrons. The molecule has 0 aliphatic carbocycles. The molecule has 1 aliphatic rings. The van der Waals surface area contributed by atoms with Crippen LogP contribution in [0, 0.1) is 0 Å². The molecule has 2 aromatic carbocycles. The lowest BCUT2D eigenvalue weighted by molar-refractivity contribution is -0.116. The molecule has 0 bridgehead atoms. The third kappa shape index (κ3) is 5.37. The van der Waals surface area contributed by atoms with E-state index in [-0.39, 0.29) is 24.8 Å². The van der Waals surface area contributed by atoms with Crippen molar-refractivity contribution in [2.75, 3.05) is 25.0 Å². The number of likely N-dealkylation sites (tertiary alicyclic amines) is 1. The summed E-state index contributed by atoms with van der Waals surface area (Å²) in [6.07, 6.45) is 2.28. The van der Waals surface area contributed by atoms with E-state index in [2.05, 4.69) is 5.32 Å². The molecule has 2 aromatic rings. The lowest BCUT2D eigenvalue weighted by atomic mass is 10.2. The molecule has 1 aliphatic heterocycles. The fourth-order valence-electron chi connectivity index (χ4n) is 2.86. The Morgan fingerprint density at radius 3 is 2.44 bits per heavy atom. The van der Waals surface area contributed by atoms with Gasteiger partial charge in [0.05, 0.1) is 18.1 Å². The highest BCUT2D eigenvalue weighted by atomic mass is 35.5. The highest BCUT2D eigenvalue weighted by Gasteiger charge is 2.19. The maximum absolute atomic E-state index is 12.3. The van der Waals surface area contributed by atoms with Gasteiger partial charge in [-0.1, -0.05) is 23.2 Å². The number of benzene rings is 2. The summed E-state index contributed by atoms with van der Waals surface area (Å²) >= 11 is 11.9. The van der Waals surface area contributed by atoms with Gasteiger partial charge >= 0.3 is 0 Å². The molecular weight excluding hydrogens is 387 g/mol. The zero-order chi connectivity index (χ0) is 19.2. The predicted molar refractivity (Wildman–Crippen MR) is 107 cm³/mol. The van der Waals surface area contributed by atoms with Crippen molar-refractivity contribution in [1.29, 1.82) is 0 Å². The summed E-state index contributed by atoms with van der Waals surface area (Å²) in [6, 6.07) is 11.9. The normalized spacial score (nSPS) is 13.5. The van der Waals surface area contributed by atoms with Crippen molar-refractivity contribution in [3.05, 3.63) is 58.1 Å². The van der Waals surface area contributed by atoms with Crippen molar-refractivity contribution in [2.24, 2.45) is 0 Å². The molecule has 1 N–H and O–H groups in total. The number of nitrogens with one attached hydrogen (secondary N) is 1. The Kier molecular flexibility index (Phi) is 6.58. The Morgan fingerprint density at radius 2 is 1.74 bits per heavy atom. The van der Waals surface area contributed by atoms with Crippen LogP contribution >= 0.6 is 23.2 Å². The van der Waals surface area contributed by atoms with Crippen molar-refractivity contribution in [1.82, 2.24) is 4.90 Å². The Hall–Kier alpha value is -2.24. The van der Waals surface area contributed by atoms with Crippen LogP contribution in [0.3, 0.4) is 0 Å². The maximum Gasteiger partial charge on any atom is 0.253 e. The van der Waals surface area contributed by atoms with E-state index in [1.54, 1.807) is 42.5 Å². The molecule has 0 atom stereocenters. The average molecular weight is 407 g/mol. The largest absolute Gasteiger partial charge is 0.491 e. The zero-order valence-electron chi connectivity index (χ0n) is 14.7. The average Bonchev–Trinajstić information content (AvgIpc) is 3.19. The van der Waals surface area contributed by atoms with Crippen molar-refractivity contribution in [3.8, 4) is 5.75 Å². The zero-order valence-corrected chi connectivity index (χ0v) is 16.2. The first-order valence-corrected chi connectivity index (χ1v) is 9.55. The molecule has 27 heavy (non-hydrogen) atoms. The lowest BCUT2D eigenvalue weighted by Crippen LogP contribution is -2.27. The summed E-state index contributed by atoms with van der Waals surface area (Å²) in [5.74, 6) is 0.297. The maximum atomic E-state index is 12.3. The van der Waals surface area contributed by atoms with Crippen LogP contribution in [0.1, 0.15) is 29.6 Å². The Balaban J connectivity index is 1.47. The van der Waals surface area contributed by atoms with Crippen LogP contribution in [0.15, 0.2) is 42.5 Å². The number of amides is 2. The van der Waals surface area contributed by atoms with E-state index in [4.69, 9.17) is 27.9 Å². The molecule has 1 heterocycles. The second kappa shape index (κ2) is 9.11. The second-order valence-electron chi connectivity index (χ2n) is 6.30. The summed E-state index contributed by atoms with van der Waals surface area (Å²) in [6.45, 7) is 1.80. The summed E-state index contributed by atoms with van der Waals surface area (Å²) in [7, 11) is 0. The van der Waals surface area contributed by atoms with Crippen LogP contribution in [0.25, 0.3) is 0 Å². The van der Waals surface area contributed by atoms with Gasteiger partial charge in [0.25, 0.3) is 5.91 Å². The van der Waals surface area contributed by atoms with E-state index in [0.717, 1.165) is 25.9 Å². The molecule has 0 radical (unpaired) electrons. The number of halogens is 2. The van der Waals surface area contributed by atoms with Gasteiger partial charge in [0.2, 0.25) is 5.91 Å². The molecule has 0 aromatic heterocycles. The molecule has 5 nitrogen and oxygen atoms in total. The van der Waals surface area contributed by atoms with Gasteiger partial charge in [0, 0.05) is 35.4 Å². The minimum Gasteiger partial charge on any atom is -0.491 e. The number of hydrogen-bond acceptors (Lipinski definition) is 3. The van der Waals surface area contributed by atoms with Crippen LogP contribution in [0.5, 0.6) is 5.75 Å². The van der Waals surface area contributed by atoms with Gasteiger partial charge < -0.3 is 15.0 Å². The second-order valence-corrected chi connectivity index (χ2v) is 7.14. The van der Waals surface area contributed by atoms with Gasteiger partial charge in [-0.05, 0) is 49.2 Å². The van der Waals surface area contributed by atoms with Crippen LogP contribution in [-0.4, -0.2) is 36.4 Å². The van der Waals surface area contributed by atoms with Crippen molar-refractivity contribution in [2.45, 2.75) is 19.3 Å². The van der Waals surface area contributed by atoms with Crippen molar-refractivity contribution in [3.63, 3.8) is 0 Å². The Bertz CT molecular complexity index is 818. The fourth-order valence-corrected chi connectivity index (χ4v) is 3.20. The summed E-state index contributed by atoms with van der Waals surface area (Å²) in [4.78, 5) is 26.2. The number of ether oxygens (including phenoxy) is 1. The fraction of sp³-hybridized carbons (Fsp3) is 0.300. The van der Waals surface area contributed by atoms with E-state index >= 15 is 0 Å². The van der Waals surface area contributed by atoms with E-state index in [1.807, 2.05) is 4.90 Å². The van der Waals surface area contributed by atoms with Crippen LogP contribution in [-0.2, 0) is 4.79 Å². The number of nitrogens with zero attached hydrogens (tertiary/aromatic N) is 1. The number of hydrogen-bond donors (Lipinski definition) is 1. The smallest absolute Gasteiger partial charge is 0.253 e. The molecule has 1 saturated heterocycles. The van der Waals surface area contributed by atoms with Crippen LogP contribution in [0.2, 0.25) is 10.0 Å². The van der Waals surface area contributed by atoms with E-state index in [9.17, 15) is 9.59 Å². The third-order valence-corrected chi connectivity index (χ3v) is 4.84. The highest BCUT2D eigenvalue weighted by Crippen LogP contribution is 2.27. The van der Waals surface area contributed by atoms with Crippen molar-refractivity contribution >= 4 is 40.7 Å². The summed E-state index contributed by atoms with van der Waals surface area (Å²) in [5.41, 5.74) is 1.27. The van der Waals surface area contributed by atoms with E-state index < -0.39 is 0 Å². The predicted octanol–water partition coefficient (Wildman–Crippen LogP) is 4.64. The number of carbonyl (C=O) groups is 2. The van der Waals surface area contributed by atoms with Gasteiger partial charge in [-0.25, -0.2) is 0 Å². The van der Waals surface area contributed by atoms with Crippen LogP contribution < -0.4 is 10.1 Å². The molecule has 0 unspecified atom stereocenters. The van der Waals surface area contributed by atoms with Gasteiger partial charge in [-0.15, -0.1) is 0 Å². The number of carbonyl (C=O) groups excluding carboxylic acids is 2.